The zero-order chi connectivity index (χ0) is 14.5. The maximum atomic E-state index is 5.92. The summed E-state index contributed by atoms with van der Waals surface area (Å²) in [7, 11) is 0. The SMILES string of the molecule is Brc1cccnc1Nc1ccccc1Oc1ccccc1. The Kier molecular flexibility index (Phi) is 4.17. The summed E-state index contributed by atoms with van der Waals surface area (Å²) < 4.78 is 6.82. The van der Waals surface area contributed by atoms with Gasteiger partial charge in [-0.05, 0) is 52.3 Å². The third-order valence-electron chi connectivity index (χ3n) is 2.87. The molecule has 3 aromatic rings. The Morgan fingerprint density at radius 3 is 2.43 bits per heavy atom. The summed E-state index contributed by atoms with van der Waals surface area (Å²) in [5.41, 5.74) is 0.862. The molecule has 0 amide bonds. The van der Waals surface area contributed by atoms with E-state index >= 15 is 0 Å². The highest BCUT2D eigenvalue weighted by molar-refractivity contribution is 9.10. The molecule has 0 bridgehead atoms. The first kappa shape index (κ1) is 13.6. The molecule has 3 nitrogen and oxygen atoms in total. The van der Waals surface area contributed by atoms with Gasteiger partial charge in [0.2, 0.25) is 0 Å². The number of anilines is 2. The Labute approximate surface area is 131 Å². The van der Waals surface area contributed by atoms with Gasteiger partial charge in [-0.2, -0.15) is 0 Å². The van der Waals surface area contributed by atoms with Crippen molar-refractivity contribution in [3.05, 3.63) is 77.4 Å². The van der Waals surface area contributed by atoms with Gasteiger partial charge in [-0.15, -0.1) is 0 Å². The fraction of sp³-hybridized carbons (Fsp3) is 0. The molecule has 1 aromatic heterocycles. The highest BCUT2D eigenvalue weighted by Gasteiger charge is 2.07. The zero-order valence-electron chi connectivity index (χ0n) is 11.2. The van der Waals surface area contributed by atoms with E-state index in [9.17, 15) is 0 Å². The van der Waals surface area contributed by atoms with E-state index < -0.39 is 0 Å². The van der Waals surface area contributed by atoms with E-state index in [1.807, 2.05) is 66.7 Å². The molecule has 0 radical (unpaired) electrons. The van der Waals surface area contributed by atoms with Gasteiger partial charge in [-0.25, -0.2) is 4.98 Å². The van der Waals surface area contributed by atoms with Gasteiger partial charge in [0.1, 0.15) is 11.6 Å². The number of halogens is 1. The number of nitrogens with one attached hydrogen (secondary N) is 1. The molecule has 0 unspecified atom stereocenters. The highest BCUT2D eigenvalue weighted by atomic mass is 79.9. The van der Waals surface area contributed by atoms with Crippen molar-refractivity contribution >= 4 is 27.4 Å². The summed E-state index contributed by atoms with van der Waals surface area (Å²) >= 11 is 3.48. The lowest BCUT2D eigenvalue weighted by Gasteiger charge is -2.13. The van der Waals surface area contributed by atoms with E-state index in [0.29, 0.717) is 0 Å². The Morgan fingerprint density at radius 2 is 1.62 bits per heavy atom. The normalized spacial score (nSPS) is 10.1. The van der Waals surface area contributed by atoms with Crippen LogP contribution in [0.15, 0.2) is 77.4 Å². The van der Waals surface area contributed by atoms with Crippen LogP contribution < -0.4 is 10.1 Å². The molecular formula is C17H13BrN2O. The van der Waals surface area contributed by atoms with Gasteiger partial charge in [-0.1, -0.05) is 30.3 Å². The van der Waals surface area contributed by atoms with Crippen LogP contribution in [0.25, 0.3) is 0 Å². The summed E-state index contributed by atoms with van der Waals surface area (Å²) in [4.78, 5) is 4.31. The molecule has 0 aliphatic rings. The molecule has 2 aromatic carbocycles. The third kappa shape index (κ3) is 3.41. The molecule has 0 atom stereocenters. The van der Waals surface area contributed by atoms with E-state index in [2.05, 4.69) is 26.2 Å². The highest BCUT2D eigenvalue weighted by Crippen LogP contribution is 2.32. The number of aromatic nitrogens is 1. The van der Waals surface area contributed by atoms with Crippen LogP contribution in [0, 0.1) is 0 Å². The van der Waals surface area contributed by atoms with Crippen molar-refractivity contribution in [2.75, 3.05) is 5.32 Å². The van der Waals surface area contributed by atoms with Crippen LogP contribution in [0.4, 0.5) is 11.5 Å². The number of hydrogen-bond acceptors (Lipinski definition) is 3. The summed E-state index contributed by atoms with van der Waals surface area (Å²) in [6.45, 7) is 0. The van der Waals surface area contributed by atoms with Gasteiger partial charge in [0.15, 0.2) is 5.75 Å². The Bertz CT molecular complexity index is 732. The molecule has 4 heteroatoms. The molecule has 0 aliphatic carbocycles. The van der Waals surface area contributed by atoms with E-state index in [1.165, 1.54) is 0 Å². The average molecular weight is 341 g/mol. The fourth-order valence-electron chi connectivity index (χ4n) is 1.88. The number of hydrogen-bond donors (Lipinski definition) is 1. The molecule has 0 saturated heterocycles. The predicted octanol–water partition coefficient (Wildman–Crippen LogP) is 5.38. The molecule has 0 spiro atoms. The molecule has 3 rings (SSSR count). The van der Waals surface area contributed by atoms with Crippen molar-refractivity contribution in [1.29, 1.82) is 0 Å². The van der Waals surface area contributed by atoms with Gasteiger partial charge >= 0.3 is 0 Å². The average Bonchev–Trinajstić information content (AvgIpc) is 2.52. The maximum Gasteiger partial charge on any atom is 0.150 e. The first-order chi connectivity index (χ1) is 10.3. The lowest BCUT2D eigenvalue weighted by molar-refractivity contribution is 0.485. The number of rotatable bonds is 4. The van der Waals surface area contributed by atoms with Gasteiger partial charge in [0, 0.05) is 6.20 Å². The number of benzene rings is 2. The van der Waals surface area contributed by atoms with Crippen LogP contribution in [-0.4, -0.2) is 4.98 Å². The topological polar surface area (TPSA) is 34.2 Å². The summed E-state index contributed by atoms with van der Waals surface area (Å²) in [5.74, 6) is 2.30. The van der Waals surface area contributed by atoms with Crippen molar-refractivity contribution in [2.24, 2.45) is 0 Å². The van der Waals surface area contributed by atoms with Crippen LogP contribution in [0.1, 0.15) is 0 Å². The Hall–Kier alpha value is -2.33. The van der Waals surface area contributed by atoms with Gasteiger partial charge in [-0.3, -0.25) is 0 Å². The predicted molar refractivity (Wildman–Crippen MR) is 88.2 cm³/mol. The quantitative estimate of drug-likeness (QED) is 0.692. The van der Waals surface area contributed by atoms with Crippen LogP contribution >= 0.6 is 15.9 Å². The van der Waals surface area contributed by atoms with Crippen LogP contribution in [0.2, 0.25) is 0 Å². The maximum absolute atomic E-state index is 5.92. The third-order valence-corrected chi connectivity index (χ3v) is 3.51. The molecule has 0 aliphatic heterocycles. The van der Waals surface area contributed by atoms with Crippen molar-refractivity contribution in [1.82, 2.24) is 4.98 Å². The summed E-state index contributed by atoms with van der Waals surface area (Å²) in [6.07, 6.45) is 1.74. The minimum atomic E-state index is 0.751. The minimum absolute atomic E-state index is 0.751. The fourth-order valence-corrected chi connectivity index (χ4v) is 2.23. The Morgan fingerprint density at radius 1 is 0.857 bits per heavy atom. The lowest BCUT2D eigenvalue weighted by Crippen LogP contribution is -1.96. The smallest absolute Gasteiger partial charge is 0.150 e. The van der Waals surface area contributed by atoms with E-state index in [1.54, 1.807) is 6.20 Å². The van der Waals surface area contributed by atoms with E-state index in [4.69, 9.17) is 4.74 Å². The molecule has 0 fully saturated rings. The van der Waals surface area contributed by atoms with Crippen LogP contribution in [-0.2, 0) is 0 Å². The number of para-hydroxylation sites is 3. The monoisotopic (exact) mass is 340 g/mol. The van der Waals surface area contributed by atoms with Crippen molar-refractivity contribution < 1.29 is 4.74 Å². The molecule has 0 saturated carbocycles. The van der Waals surface area contributed by atoms with E-state index in [0.717, 1.165) is 27.5 Å². The van der Waals surface area contributed by atoms with Gasteiger partial charge in [0.25, 0.3) is 0 Å². The van der Waals surface area contributed by atoms with Crippen LogP contribution in [0.3, 0.4) is 0 Å². The standard InChI is InChI=1S/C17H13BrN2O/c18-14-9-6-12-19-17(14)20-15-10-4-5-11-16(15)21-13-7-2-1-3-8-13/h1-12H,(H,19,20). The van der Waals surface area contributed by atoms with Gasteiger partial charge in [0.05, 0.1) is 10.2 Å². The van der Waals surface area contributed by atoms with Crippen molar-refractivity contribution in [2.45, 2.75) is 0 Å². The first-order valence-electron chi connectivity index (χ1n) is 6.52. The zero-order valence-corrected chi connectivity index (χ0v) is 12.7. The number of pyridine rings is 1. The number of nitrogens with zero attached hydrogens (tertiary/aromatic N) is 1. The van der Waals surface area contributed by atoms with Crippen LogP contribution in [0.5, 0.6) is 11.5 Å². The Balaban J connectivity index is 1.88. The molecule has 1 N–H and O–H groups in total. The van der Waals surface area contributed by atoms with E-state index in [-0.39, 0.29) is 0 Å². The second-order valence-corrected chi connectivity index (χ2v) is 5.22. The van der Waals surface area contributed by atoms with Gasteiger partial charge < -0.3 is 10.1 Å². The van der Waals surface area contributed by atoms with Crippen molar-refractivity contribution in [3.63, 3.8) is 0 Å². The second-order valence-electron chi connectivity index (χ2n) is 4.37. The molecule has 21 heavy (non-hydrogen) atoms. The largest absolute Gasteiger partial charge is 0.455 e. The lowest BCUT2D eigenvalue weighted by atomic mass is 10.3. The van der Waals surface area contributed by atoms with Crippen molar-refractivity contribution in [3.8, 4) is 11.5 Å². The summed E-state index contributed by atoms with van der Waals surface area (Å²) in [5, 5.41) is 3.28. The molecule has 1 heterocycles. The summed E-state index contributed by atoms with van der Waals surface area (Å²) in [6, 6.07) is 21.3. The minimum Gasteiger partial charge on any atom is -0.455 e. The second kappa shape index (κ2) is 6.41. The molecular weight excluding hydrogens is 328 g/mol. The number of ether oxygens (including phenoxy) is 1. The first-order valence-corrected chi connectivity index (χ1v) is 7.32. The molecule has 104 valence electrons.